The van der Waals surface area contributed by atoms with E-state index in [4.69, 9.17) is 4.74 Å². The summed E-state index contributed by atoms with van der Waals surface area (Å²) in [6.45, 7) is 14.8. The molecule has 2 heteroatoms. The van der Waals surface area contributed by atoms with Gasteiger partial charge in [0.05, 0.1) is 0 Å². The van der Waals surface area contributed by atoms with Gasteiger partial charge in [0.2, 0.25) is 0 Å². The van der Waals surface area contributed by atoms with Crippen LogP contribution in [0.25, 0.3) is 0 Å². The molecule has 4 rings (SSSR count). The maximum atomic E-state index is 11.9. The fourth-order valence-electron chi connectivity index (χ4n) is 8.56. The number of hydrogen-bond donors (Lipinski definition) is 0. The van der Waals surface area contributed by atoms with Crippen molar-refractivity contribution in [3.8, 4) is 0 Å². The van der Waals surface area contributed by atoms with Crippen LogP contribution < -0.4 is 0 Å². The first-order valence-electron chi connectivity index (χ1n) is 12.6. The third kappa shape index (κ3) is 3.51. The summed E-state index contributed by atoms with van der Waals surface area (Å²) in [6.07, 6.45) is 14.8. The van der Waals surface area contributed by atoms with E-state index in [2.05, 4.69) is 47.6 Å². The summed E-state index contributed by atoms with van der Waals surface area (Å²) < 4.78 is 5.85. The van der Waals surface area contributed by atoms with Gasteiger partial charge in [-0.1, -0.05) is 66.9 Å². The number of hydrogen-bond acceptors (Lipinski definition) is 2. The number of carbonyl (C=O) groups is 1. The van der Waals surface area contributed by atoms with E-state index in [1.165, 1.54) is 44.9 Å². The van der Waals surface area contributed by atoms with Crippen LogP contribution >= 0.6 is 0 Å². The second kappa shape index (κ2) is 7.72. The van der Waals surface area contributed by atoms with E-state index < -0.39 is 0 Å². The number of rotatable bonds is 5. The highest BCUT2D eigenvalue weighted by atomic mass is 16.5. The Kier molecular flexibility index (Phi) is 5.71. The van der Waals surface area contributed by atoms with Gasteiger partial charge in [0, 0.05) is 11.5 Å². The lowest BCUT2D eigenvalue weighted by atomic mass is 9.45. The third-order valence-electron chi connectivity index (χ3n) is 10.1. The predicted octanol–water partition coefficient (Wildman–Crippen LogP) is 7.04. The van der Waals surface area contributed by atoms with Gasteiger partial charge in [0.15, 0.2) is 0 Å². The number of esters is 1. The Hall–Kier alpha value is -0.790. The molecule has 0 aromatic heterocycles. The Morgan fingerprint density at radius 1 is 1.10 bits per heavy atom. The summed E-state index contributed by atoms with van der Waals surface area (Å²) in [5, 5.41) is 0. The van der Waals surface area contributed by atoms with Crippen LogP contribution in [0, 0.1) is 52.3 Å². The van der Waals surface area contributed by atoms with Crippen LogP contribution in [0.1, 0.15) is 92.9 Å². The third-order valence-corrected chi connectivity index (χ3v) is 10.1. The SMILES string of the molecule is CC(C)CCCC(C)C1CCC2C3C(CC[C@]12C)[C@@]1(C)C=CC(=O)O[C@@H]1C[C@@H]3C. The van der Waals surface area contributed by atoms with Crippen molar-refractivity contribution in [1.29, 1.82) is 0 Å². The summed E-state index contributed by atoms with van der Waals surface area (Å²) >= 11 is 0. The first kappa shape index (κ1) is 21.4. The minimum Gasteiger partial charge on any atom is -0.458 e. The van der Waals surface area contributed by atoms with Gasteiger partial charge >= 0.3 is 5.97 Å². The fraction of sp³-hybridized carbons (Fsp3) is 0.889. The standard InChI is InChI=1S/C27H44O2/c1-17(2)8-7-9-18(3)20-10-11-21-25-19(4)16-23-27(6,15-13-24(28)29-23)22(25)12-14-26(20,21)5/h13,15,17-23,25H,7-12,14,16H2,1-6H3/t18?,19-,20?,21?,22?,23+,25?,26+,27+/m0/s1. The van der Waals surface area contributed by atoms with Gasteiger partial charge in [-0.2, -0.15) is 0 Å². The zero-order valence-electron chi connectivity index (χ0n) is 19.7. The molecule has 0 amide bonds. The molecular formula is C27H44O2. The minimum atomic E-state index is -0.130. The van der Waals surface area contributed by atoms with Crippen LogP contribution in [-0.4, -0.2) is 12.1 Å². The highest BCUT2D eigenvalue weighted by Gasteiger charge is 2.62. The highest BCUT2D eigenvalue weighted by Crippen LogP contribution is 2.67. The lowest BCUT2D eigenvalue weighted by Crippen LogP contribution is -2.57. The van der Waals surface area contributed by atoms with E-state index in [0.717, 1.165) is 36.0 Å². The average Bonchev–Trinajstić information content (AvgIpc) is 3.00. The maximum Gasteiger partial charge on any atom is 0.330 e. The van der Waals surface area contributed by atoms with Crippen molar-refractivity contribution in [2.24, 2.45) is 52.3 Å². The van der Waals surface area contributed by atoms with E-state index in [1.54, 1.807) is 6.08 Å². The molecule has 9 atom stereocenters. The second-order valence-corrected chi connectivity index (χ2v) is 12.2. The molecule has 1 heterocycles. The molecule has 3 aliphatic carbocycles. The summed E-state index contributed by atoms with van der Waals surface area (Å²) in [7, 11) is 0. The summed E-state index contributed by atoms with van der Waals surface area (Å²) in [5.74, 6) is 5.46. The second-order valence-electron chi connectivity index (χ2n) is 12.2. The molecule has 3 fully saturated rings. The highest BCUT2D eigenvalue weighted by molar-refractivity contribution is 5.83. The molecule has 4 aliphatic rings. The number of ether oxygens (including phenoxy) is 1. The molecule has 2 nitrogen and oxygen atoms in total. The molecule has 0 radical (unpaired) electrons. The summed E-state index contributed by atoms with van der Waals surface area (Å²) in [6, 6.07) is 0. The first-order chi connectivity index (χ1) is 13.7. The van der Waals surface area contributed by atoms with Gasteiger partial charge in [0.1, 0.15) is 6.10 Å². The molecule has 0 spiro atoms. The fourth-order valence-corrected chi connectivity index (χ4v) is 8.56. The topological polar surface area (TPSA) is 26.3 Å². The van der Waals surface area contributed by atoms with Crippen LogP contribution in [-0.2, 0) is 9.53 Å². The average molecular weight is 401 g/mol. The smallest absolute Gasteiger partial charge is 0.330 e. The predicted molar refractivity (Wildman–Crippen MR) is 119 cm³/mol. The van der Waals surface area contributed by atoms with Gasteiger partial charge in [-0.3, -0.25) is 0 Å². The van der Waals surface area contributed by atoms with E-state index in [0.29, 0.717) is 17.3 Å². The van der Waals surface area contributed by atoms with E-state index in [9.17, 15) is 4.79 Å². The Morgan fingerprint density at radius 2 is 1.86 bits per heavy atom. The zero-order chi connectivity index (χ0) is 21.0. The monoisotopic (exact) mass is 400 g/mol. The minimum absolute atomic E-state index is 0.0490. The van der Waals surface area contributed by atoms with Gasteiger partial charge in [-0.25, -0.2) is 4.79 Å². The lowest BCUT2D eigenvalue weighted by molar-refractivity contribution is -0.175. The Bertz CT molecular complexity index is 651. The lowest BCUT2D eigenvalue weighted by Gasteiger charge is -2.60. The Balaban J connectivity index is 1.53. The van der Waals surface area contributed by atoms with Crippen LogP contribution in [0.3, 0.4) is 0 Å². The van der Waals surface area contributed by atoms with Crippen molar-refractivity contribution in [2.75, 3.05) is 0 Å². The summed E-state index contributed by atoms with van der Waals surface area (Å²) in [5.41, 5.74) is 0.568. The number of fused-ring (bicyclic) bond motifs is 5. The van der Waals surface area contributed by atoms with Gasteiger partial charge in [0.25, 0.3) is 0 Å². The van der Waals surface area contributed by atoms with Crippen LogP contribution in [0.2, 0.25) is 0 Å². The molecule has 0 N–H and O–H groups in total. The molecule has 0 bridgehead atoms. The molecule has 5 unspecified atom stereocenters. The molecule has 0 aromatic carbocycles. The Morgan fingerprint density at radius 3 is 2.59 bits per heavy atom. The van der Waals surface area contributed by atoms with Gasteiger partial charge < -0.3 is 4.74 Å². The van der Waals surface area contributed by atoms with E-state index in [1.807, 2.05) is 0 Å². The number of carbonyl (C=O) groups excluding carboxylic acids is 1. The van der Waals surface area contributed by atoms with Crippen molar-refractivity contribution < 1.29 is 9.53 Å². The van der Waals surface area contributed by atoms with Gasteiger partial charge in [-0.15, -0.1) is 0 Å². The van der Waals surface area contributed by atoms with Gasteiger partial charge in [-0.05, 0) is 78.9 Å². The van der Waals surface area contributed by atoms with Crippen LogP contribution in [0.4, 0.5) is 0 Å². The van der Waals surface area contributed by atoms with Crippen molar-refractivity contribution >= 4 is 5.97 Å². The first-order valence-corrected chi connectivity index (χ1v) is 12.6. The van der Waals surface area contributed by atoms with Crippen LogP contribution in [0.5, 0.6) is 0 Å². The van der Waals surface area contributed by atoms with Crippen molar-refractivity contribution in [2.45, 2.75) is 99.0 Å². The zero-order valence-corrected chi connectivity index (χ0v) is 19.7. The Labute approximate surface area is 179 Å². The van der Waals surface area contributed by atoms with Crippen molar-refractivity contribution in [3.63, 3.8) is 0 Å². The van der Waals surface area contributed by atoms with E-state index >= 15 is 0 Å². The molecular weight excluding hydrogens is 356 g/mol. The normalized spacial score (nSPS) is 47.3. The maximum absolute atomic E-state index is 11.9. The summed E-state index contributed by atoms with van der Waals surface area (Å²) in [4.78, 5) is 11.9. The van der Waals surface area contributed by atoms with Crippen LogP contribution in [0.15, 0.2) is 12.2 Å². The molecule has 3 saturated carbocycles. The molecule has 0 aromatic rings. The van der Waals surface area contributed by atoms with Crippen molar-refractivity contribution in [3.05, 3.63) is 12.2 Å². The molecule has 0 saturated heterocycles. The van der Waals surface area contributed by atoms with Crippen molar-refractivity contribution in [1.82, 2.24) is 0 Å². The van der Waals surface area contributed by atoms with E-state index in [-0.39, 0.29) is 17.5 Å². The quantitative estimate of drug-likeness (QED) is 0.463. The largest absolute Gasteiger partial charge is 0.458 e. The molecule has 164 valence electrons. The molecule has 29 heavy (non-hydrogen) atoms. The molecule has 1 aliphatic heterocycles.